The Kier molecular flexibility index (Phi) is 14.5. The maximum atomic E-state index is 13.5. The predicted molar refractivity (Wildman–Crippen MR) is 225 cm³/mol. The van der Waals surface area contributed by atoms with Crippen molar-refractivity contribution in [2.45, 2.75) is 89.7 Å². The minimum absolute atomic E-state index is 0.155. The van der Waals surface area contributed by atoms with E-state index < -0.39 is 36.5 Å². The molecule has 2 aromatic carbocycles. The van der Waals surface area contributed by atoms with E-state index in [1.807, 2.05) is 63.2 Å². The van der Waals surface area contributed by atoms with E-state index >= 15 is 0 Å². The zero-order valence-corrected chi connectivity index (χ0v) is 35.5. The van der Waals surface area contributed by atoms with Gasteiger partial charge < -0.3 is 45.4 Å². The highest BCUT2D eigenvalue weighted by atomic mass is 19.4. The van der Waals surface area contributed by atoms with Crippen molar-refractivity contribution >= 4 is 41.0 Å². The van der Waals surface area contributed by atoms with Crippen LogP contribution in [-0.4, -0.2) is 113 Å². The Labute approximate surface area is 365 Å². The number of fused-ring (bicyclic) bond motifs is 1. The number of nitrogens with zero attached hydrogens (tertiary/aromatic N) is 6. The van der Waals surface area contributed by atoms with Crippen molar-refractivity contribution in [3.8, 4) is 33.8 Å². The summed E-state index contributed by atoms with van der Waals surface area (Å²) >= 11 is 0. The average molecular weight is 891 g/mol. The lowest BCUT2D eigenvalue weighted by atomic mass is 10.00. The third kappa shape index (κ3) is 10.6. The van der Waals surface area contributed by atoms with Gasteiger partial charge in [0, 0.05) is 30.1 Å². The molecule has 340 valence electrons. The number of aliphatic carboxylic acids is 1. The molecule has 3 aromatic heterocycles. The molecule has 5 heterocycles. The van der Waals surface area contributed by atoms with Gasteiger partial charge in [0.1, 0.15) is 17.7 Å². The number of rotatable bonds is 12. The molecule has 2 fully saturated rings. The first-order chi connectivity index (χ1) is 30.5. The lowest BCUT2D eigenvalue weighted by molar-refractivity contribution is -0.192. The normalized spacial score (nSPS) is 17.5. The van der Waals surface area contributed by atoms with Crippen molar-refractivity contribution in [2.75, 3.05) is 20.2 Å². The zero-order valence-electron chi connectivity index (χ0n) is 35.5. The second kappa shape index (κ2) is 20.0. The molecule has 6 N–H and O–H groups in total. The topological polar surface area (TPSA) is 252 Å². The van der Waals surface area contributed by atoms with Crippen LogP contribution in [0.1, 0.15) is 83.0 Å². The predicted octanol–water partition coefficient (Wildman–Crippen LogP) is 6.68. The van der Waals surface area contributed by atoms with Gasteiger partial charge >= 0.3 is 24.3 Å². The number of methoxy groups -OCH3 is 1. The summed E-state index contributed by atoms with van der Waals surface area (Å²) in [5.41, 5.74) is 11.8. The summed E-state index contributed by atoms with van der Waals surface area (Å²) < 4.78 is 41.7. The first-order valence-corrected chi connectivity index (χ1v) is 20.7. The molecular weight excluding hydrogens is 842 g/mol. The van der Waals surface area contributed by atoms with E-state index in [4.69, 9.17) is 35.1 Å². The Bertz CT molecular complexity index is 2480. The number of halogens is 3. The Morgan fingerprint density at radius 2 is 1.38 bits per heavy atom. The quantitative estimate of drug-likeness (QED) is 0.0880. The fourth-order valence-electron chi connectivity index (χ4n) is 7.73. The van der Waals surface area contributed by atoms with E-state index in [0.29, 0.717) is 37.6 Å². The molecular formula is C43H49F3N10O8. The van der Waals surface area contributed by atoms with Crippen LogP contribution in [0, 0.1) is 5.92 Å². The molecule has 0 spiro atoms. The number of alkyl carbamates (subject to hydrolysis) is 1. The number of aromatic nitrogens is 6. The molecule has 7 rings (SSSR count). The van der Waals surface area contributed by atoms with Gasteiger partial charge in [0.2, 0.25) is 5.91 Å². The van der Waals surface area contributed by atoms with Gasteiger partial charge in [-0.25, -0.2) is 29.3 Å². The Hall–Kier alpha value is -7.06. The molecule has 5 atom stereocenters. The lowest BCUT2D eigenvalue weighted by Gasteiger charge is -2.29. The van der Waals surface area contributed by atoms with Crippen LogP contribution in [0.2, 0.25) is 0 Å². The minimum Gasteiger partial charge on any atom is -0.475 e. The van der Waals surface area contributed by atoms with Crippen LogP contribution >= 0.6 is 0 Å². The molecule has 64 heavy (non-hydrogen) atoms. The largest absolute Gasteiger partial charge is 0.490 e. The molecule has 18 nitrogen and oxygen atoms in total. The van der Waals surface area contributed by atoms with Crippen molar-refractivity contribution in [1.82, 2.24) is 45.0 Å². The minimum atomic E-state index is -5.08. The van der Waals surface area contributed by atoms with E-state index in [1.54, 1.807) is 28.4 Å². The van der Waals surface area contributed by atoms with E-state index in [-0.39, 0.29) is 29.8 Å². The maximum absolute atomic E-state index is 13.5. The molecule has 21 heteroatoms. The molecule has 1 unspecified atom stereocenters. The highest BCUT2D eigenvalue weighted by Crippen LogP contribution is 2.35. The molecule has 0 saturated carbocycles. The summed E-state index contributed by atoms with van der Waals surface area (Å²) in [6, 6.07) is 12.7. The van der Waals surface area contributed by atoms with Crippen molar-refractivity contribution < 1.29 is 51.7 Å². The van der Waals surface area contributed by atoms with Gasteiger partial charge in [0.15, 0.2) is 6.10 Å². The number of amides is 4. The van der Waals surface area contributed by atoms with Crippen LogP contribution in [0.25, 0.3) is 44.8 Å². The van der Waals surface area contributed by atoms with Gasteiger partial charge in [-0.05, 0) is 56.2 Å². The molecule has 2 aliphatic rings. The van der Waals surface area contributed by atoms with Crippen molar-refractivity contribution in [2.24, 2.45) is 11.7 Å². The smallest absolute Gasteiger partial charge is 0.475 e. The summed E-state index contributed by atoms with van der Waals surface area (Å²) in [6.45, 7) is 6.79. The van der Waals surface area contributed by atoms with Gasteiger partial charge in [0.25, 0.3) is 5.91 Å². The number of H-pyrrole nitrogens is 2. The first kappa shape index (κ1) is 46.4. The molecule has 0 bridgehead atoms. The number of imidazole rings is 2. The number of nitrogens with one attached hydrogen (secondary N) is 3. The highest BCUT2D eigenvalue weighted by Gasteiger charge is 2.40. The van der Waals surface area contributed by atoms with E-state index in [2.05, 4.69) is 25.3 Å². The van der Waals surface area contributed by atoms with Crippen LogP contribution in [0.3, 0.4) is 0 Å². The summed E-state index contributed by atoms with van der Waals surface area (Å²) in [4.78, 5) is 88.4. The summed E-state index contributed by atoms with van der Waals surface area (Å²) in [6.07, 6.45) is 1.93. The van der Waals surface area contributed by atoms with Crippen LogP contribution < -0.4 is 11.1 Å². The van der Waals surface area contributed by atoms with Crippen molar-refractivity contribution in [3.63, 3.8) is 0 Å². The van der Waals surface area contributed by atoms with Gasteiger partial charge in [-0.15, -0.1) is 0 Å². The summed E-state index contributed by atoms with van der Waals surface area (Å²) in [7, 11) is 1.28. The summed E-state index contributed by atoms with van der Waals surface area (Å²) in [5, 5.41) is 9.76. The molecule has 5 aromatic rings. The number of aromatic amines is 2. The van der Waals surface area contributed by atoms with E-state index in [0.717, 1.165) is 70.5 Å². The number of primary amides is 1. The second-order valence-electron chi connectivity index (χ2n) is 15.4. The standard InChI is InChI=1S/C41H48N10O6.C2HF3O2/c1-5-23(3)35(57-40(42)54)39(53)51-18-8-10-34(51)37-44-21-31(47-37)25-13-11-24(12-14-25)30-20-43-29-19-26(15-16-28(29)46-30)32-22-45-36(48-32)33-9-7-17-50(33)38(52)27(6-2)49-41(55)56-4;3-2(4,5)1(6)7/h11-16,19-23,27,33-35H,5-10,17-18H2,1-4H3,(H2,42,54)(H,44,47)(H,45,48)(H,49,55);(H,6,7)/t23?,27-,33+,34+,35+;/m1./s1. The Balaban J connectivity index is 0.000000898. The van der Waals surface area contributed by atoms with Gasteiger partial charge in [-0.2, -0.15) is 13.2 Å². The molecule has 0 aliphatic carbocycles. The molecule has 2 aliphatic heterocycles. The van der Waals surface area contributed by atoms with Crippen LogP contribution in [0.15, 0.2) is 61.1 Å². The SMILES string of the molecule is CCC(C)[C@H](OC(N)=O)C(=O)N1CCC[C@H]1c1ncc(-c2ccc(-c3cnc4cc(-c5cnc([C@@H]6CCCN6C(=O)[C@@H](CC)NC(=O)OC)[nH]5)ccc4n3)cc2)[nH]1.O=C(O)C(F)(F)F. The Morgan fingerprint density at radius 1 is 0.828 bits per heavy atom. The number of carboxylic acid groups (broad SMARTS) is 1. The fourth-order valence-corrected chi connectivity index (χ4v) is 7.73. The van der Waals surface area contributed by atoms with Crippen LogP contribution in [-0.2, 0) is 23.9 Å². The number of ether oxygens (including phenoxy) is 2. The van der Waals surface area contributed by atoms with Crippen LogP contribution in [0.4, 0.5) is 22.8 Å². The Morgan fingerprint density at radius 3 is 1.91 bits per heavy atom. The van der Waals surface area contributed by atoms with Gasteiger partial charge in [-0.1, -0.05) is 51.1 Å². The van der Waals surface area contributed by atoms with Crippen molar-refractivity contribution in [3.05, 3.63) is 72.7 Å². The molecule has 0 radical (unpaired) electrons. The third-order valence-corrected chi connectivity index (χ3v) is 11.3. The van der Waals surface area contributed by atoms with Crippen LogP contribution in [0.5, 0.6) is 0 Å². The first-order valence-electron chi connectivity index (χ1n) is 20.7. The fraction of sp³-hybridized carbons (Fsp3) is 0.419. The average Bonchev–Trinajstić information content (AvgIpc) is 4.13. The number of carboxylic acids is 1. The highest BCUT2D eigenvalue weighted by molar-refractivity contribution is 5.87. The number of nitrogens with two attached hydrogens (primary N) is 1. The number of benzene rings is 2. The monoisotopic (exact) mass is 890 g/mol. The van der Waals surface area contributed by atoms with Gasteiger partial charge in [0.05, 0.1) is 65.9 Å². The number of carbonyl (C=O) groups excluding carboxylic acids is 4. The van der Waals surface area contributed by atoms with Crippen molar-refractivity contribution in [1.29, 1.82) is 0 Å². The number of hydrogen-bond acceptors (Lipinski definition) is 11. The van der Waals surface area contributed by atoms with E-state index in [1.165, 1.54) is 7.11 Å². The maximum Gasteiger partial charge on any atom is 0.490 e. The lowest BCUT2D eigenvalue weighted by Crippen LogP contribution is -2.48. The van der Waals surface area contributed by atoms with E-state index in [9.17, 15) is 32.3 Å². The number of carbonyl (C=O) groups is 5. The number of likely N-dealkylation sites (tertiary alicyclic amines) is 2. The van der Waals surface area contributed by atoms with Gasteiger partial charge in [-0.3, -0.25) is 14.6 Å². The third-order valence-electron chi connectivity index (χ3n) is 11.3. The number of hydrogen-bond donors (Lipinski definition) is 5. The molecule has 4 amide bonds. The second-order valence-corrected chi connectivity index (χ2v) is 15.4. The zero-order chi connectivity index (χ0) is 46.3. The molecule has 2 saturated heterocycles. The summed E-state index contributed by atoms with van der Waals surface area (Å²) in [5.74, 6) is -1.97. The number of alkyl halides is 3.